The van der Waals surface area contributed by atoms with Crippen LogP contribution in [0.25, 0.3) is 6.08 Å². The number of carbonyl (C=O) groups is 1. The minimum absolute atomic E-state index is 0.0187. The van der Waals surface area contributed by atoms with Gasteiger partial charge in [-0.05, 0) is 42.0 Å². The molecule has 0 aromatic heterocycles. The minimum Gasteiger partial charge on any atom is -0.493 e. The Morgan fingerprint density at radius 3 is 2.50 bits per heavy atom. The van der Waals surface area contributed by atoms with E-state index >= 15 is 0 Å². The molecule has 0 spiro atoms. The van der Waals surface area contributed by atoms with E-state index in [9.17, 15) is 14.9 Å². The van der Waals surface area contributed by atoms with E-state index in [1.165, 1.54) is 19.2 Å². The van der Waals surface area contributed by atoms with Gasteiger partial charge >= 0.3 is 0 Å². The van der Waals surface area contributed by atoms with Crippen molar-refractivity contribution >= 4 is 17.5 Å². The molecule has 8 nitrogen and oxygen atoms in total. The van der Waals surface area contributed by atoms with Gasteiger partial charge in [0.2, 0.25) is 5.78 Å². The lowest BCUT2D eigenvalue weighted by Crippen LogP contribution is -1.99. The summed E-state index contributed by atoms with van der Waals surface area (Å²) < 4.78 is 22.3. The van der Waals surface area contributed by atoms with Crippen molar-refractivity contribution in [1.29, 1.82) is 0 Å². The molecule has 0 saturated heterocycles. The van der Waals surface area contributed by atoms with Gasteiger partial charge in [0.15, 0.2) is 17.3 Å². The molecule has 0 saturated carbocycles. The number of benzene rings is 3. The van der Waals surface area contributed by atoms with Crippen LogP contribution in [0, 0.1) is 10.1 Å². The zero-order valence-corrected chi connectivity index (χ0v) is 17.4. The summed E-state index contributed by atoms with van der Waals surface area (Å²) in [6.45, 7) is 0.217. The van der Waals surface area contributed by atoms with Crippen LogP contribution in [-0.4, -0.2) is 24.9 Å². The van der Waals surface area contributed by atoms with Gasteiger partial charge in [-0.2, -0.15) is 0 Å². The van der Waals surface area contributed by atoms with Crippen molar-refractivity contribution in [3.8, 4) is 23.0 Å². The lowest BCUT2D eigenvalue weighted by Gasteiger charge is -2.10. The standard InChI is InChI=1S/C24H19NO7/c1-29-20-5-3-4-16(24(20)30-2)12-22-23(26)19-11-10-18(13-21(19)32-22)31-14-15-6-8-17(9-7-15)25(27)28/h3-13H,14H2,1-2H3/b22-12-. The average Bonchev–Trinajstić information content (AvgIpc) is 3.12. The Bertz CT molecular complexity index is 1220. The number of nitro benzene ring substituents is 1. The first kappa shape index (κ1) is 20.9. The van der Waals surface area contributed by atoms with E-state index in [4.69, 9.17) is 18.9 Å². The highest BCUT2D eigenvalue weighted by Crippen LogP contribution is 2.37. The Balaban J connectivity index is 1.51. The van der Waals surface area contributed by atoms with E-state index in [1.54, 1.807) is 61.7 Å². The van der Waals surface area contributed by atoms with Gasteiger partial charge in [-0.25, -0.2) is 0 Å². The maximum Gasteiger partial charge on any atom is 0.269 e. The molecular weight excluding hydrogens is 414 g/mol. The summed E-state index contributed by atoms with van der Waals surface area (Å²) in [7, 11) is 3.07. The Labute approximate surface area is 183 Å². The van der Waals surface area contributed by atoms with Crippen molar-refractivity contribution in [2.75, 3.05) is 14.2 Å². The third kappa shape index (κ3) is 4.11. The monoisotopic (exact) mass is 433 g/mol. The summed E-state index contributed by atoms with van der Waals surface area (Å²) in [5.41, 5.74) is 1.88. The number of non-ortho nitro benzene ring substituents is 1. The largest absolute Gasteiger partial charge is 0.493 e. The fraction of sp³-hybridized carbons (Fsp3) is 0.125. The quantitative estimate of drug-likeness (QED) is 0.300. The molecule has 3 aromatic rings. The highest BCUT2D eigenvalue weighted by molar-refractivity contribution is 6.14. The van der Waals surface area contributed by atoms with Crippen molar-refractivity contribution in [3.63, 3.8) is 0 Å². The molecule has 0 N–H and O–H groups in total. The Morgan fingerprint density at radius 2 is 1.81 bits per heavy atom. The summed E-state index contributed by atoms with van der Waals surface area (Å²) in [5.74, 6) is 1.87. The lowest BCUT2D eigenvalue weighted by atomic mass is 10.1. The number of hydrogen-bond donors (Lipinski definition) is 0. The van der Waals surface area contributed by atoms with Gasteiger partial charge in [-0.15, -0.1) is 0 Å². The highest BCUT2D eigenvalue weighted by atomic mass is 16.6. The number of nitro groups is 1. The molecule has 3 aromatic carbocycles. The second kappa shape index (κ2) is 8.81. The predicted octanol–water partition coefficient (Wildman–Crippen LogP) is 4.81. The number of ether oxygens (including phenoxy) is 4. The van der Waals surface area contributed by atoms with Gasteiger partial charge in [0.25, 0.3) is 5.69 Å². The zero-order valence-electron chi connectivity index (χ0n) is 17.4. The predicted molar refractivity (Wildman–Crippen MR) is 116 cm³/mol. The molecule has 0 aliphatic carbocycles. The van der Waals surface area contributed by atoms with E-state index in [1.807, 2.05) is 0 Å². The fourth-order valence-corrected chi connectivity index (χ4v) is 3.30. The summed E-state index contributed by atoms with van der Waals surface area (Å²) in [4.78, 5) is 23.1. The van der Waals surface area contributed by atoms with Crippen molar-refractivity contribution in [1.82, 2.24) is 0 Å². The molecular formula is C24H19NO7. The Kier molecular flexibility index (Phi) is 5.76. The third-order valence-electron chi connectivity index (χ3n) is 4.91. The fourth-order valence-electron chi connectivity index (χ4n) is 3.30. The van der Waals surface area contributed by atoms with Crippen molar-refractivity contribution in [2.45, 2.75) is 6.61 Å². The van der Waals surface area contributed by atoms with Crippen LogP contribution in [0.1, 0.15) is 21.5 Å². The Morgan fingerprint density at radius 1 is 1.03 bits per heavy atom. The second-order valence-corrected chi connectivity index (χ2v) is 6.89. The van der Waals surface area contributed by atoms with Gasteiger partial charge in [-0.3, -0.25) is 14.9 Å². The third-order valence-corrected chi connectivity index (χ3v) is 4.91. The molecule has 1 heterocycles. The van der Waals surface area contributed by atoms with Crippen LogP contribution in [0.4, 0.5) is 5.69 Å². The highest BCUT2D eigenvalue weighted by Gasteiger charge is 2.28. The smallest absolute Gasteiger partial charge is 0.269 e. The van der Waals surface area contributed by atoms with Crippen molar-refractivity contribution in [3.05, 3.63) is 93.2 Å². The molecule has 0 fully saturated rings. The minimum atomic E-state index is -0.453. The number of fused-ring (bicyclic) bond motifs is 1. The van der Waals surface area contributed by atoms with Crippen LogP contribution in [0.15, 0.2) is 66.4 Å². The van der Waals surface area contributed by atoms with E-state index in [0.29, 0.717) is 34.1 Å². The van der Waals surface area contributed by atoms with Gasteiger partial charge in [0.05, 0.1) is 24.7 Å². The van der Waals surface area contributed by atoms with Gasteiger partial charge < -0.3 is 18.9 Å². The van der Waals surface area contributed by atoms with Crippen molar-refractivity contribution in [2.24, 2.45) is 0 Å². The van der Waals surface area contributed by atoms with E-state index < -0.39 is 4.92 Å². The first-order valence-electron chi connectivity index (χ1n) is 9.65. The number of para-hydroxylation sites is 1. The molecule has 0 amide bonds. The van der Waals surface area contributed by atoms with Crippen LogP contribution in [0.2, 0.25) is 0 Å². The number of allylic oxidation sites excluding steroid dienone is 1. The summed E-state index contributed by atoms with van der Waals surface area (Å²) in [6.07, 6.45) is 1.61. The summed E-state index contributed by atoms with van der Waals surface area (Å²) in [6, 6.07) is 16.4. The number of Topliss-reactive ketones (excluding diaryl/α,β-unsaturated/α-hetero) is 1. The van der Waals surface area contributed by atoms with Crippen LogP contribution in [0.5, 0.6) is 23.0 Å². The zero-order chi connectivity index (χ0) is 22.7. The maximum atomic E-state index is 12.8. The lowest BCUT2D eigenvalue weighted by molar-refractivity contribution is -0.384. The number of carbonyl (C=O) groups excluding carboxylic acids is 1. The second-order valence-electron chi connectivity index (χ2n) is 6.89. The SMILES string of the molecule is COc1cccc(/C=C2\Oc3cc(OCc4ccc([N+](=O)[O-])cc4)ccc3C2=O)c1OC. The molecule has 0 atom stereocenters. The van der Waals surface area contributed by atoms with Crippen LogP contribution in [-0.2, 0) is 6.61 Å². The molecule has 1 aliphatic rings. The first-order chi connectivity index (χ1) is 15.5. The summed E-state index contributed by atoms with van der Waals surface area (Å²) >= 11 is 0. The number of methoxy groups -OCH3 is 2. The maximum absolute atomic E-state index is 12.8. The molecule has 0 bridgehead atoms. The van der Waals surface area contributed by atoms with Crippen molar-refractivity contribution < 1.29 is 28.7 Å². The molecule has 32 heavy (non-hydrogen) atoms. The number of rotatable bonds is 7. The molecule has 8 heteroatoms. The van der Waals surface area contributed by atoms with Gasteiger partial charge in [0.1, 0.15) is 18.1 Å². The van der Waals surface area contributed by atoms with E-state index in [0.717, 1.165) is 5.56 Å². The number of ketones is 1. The molecule has 1 aliphatic heterocycles. The molecule has 162 valence electrons. The molecule has 0 unspecified atom stereocenters. The van der Waals surface area contributed by atoms with E-state index in [-0.39, 0.29) is 23.8 Å². The molecule has 0 radical (unpaired) electrons. The number of nitrogens with zero attached hydrogens (tertiary/aromatic N) is 1. The Hall–Kier alpha value is -4.33. The van der Waals surface area contributed by atoms with Gasteiger partial charge in [-0.1, -0.05) is 12.1 Å². The first-order valence-corrected chi connectivity index (χ1v) is 9.65. The number of hydrogen-bond acceptors (Lipinski definition) is 7. The van der Waals surface area contributed by atoms with Gasteiger partial charge in [0, 0.05) is 23.8 Å². The molecule has 4 rings (SSSR count). The topological polar surface area (TPSA) is 97.1 Å². The average molecular weight is 433 g/mol. The van der Waals surface area contributed by atoms with Crippen LogP contribution in [0.3, 0.4) is 0 Å². The van der Waals surface area contributed by atoms with E-state index in [2.05, 4.69) is 0 Å². The summed E-state index contributed by atoms with van der Waals surface area (Å²) in [5, 5.41) is 10.8. The normalized spacial score (nSPS) is 13.4. The van der Waals surface area contributed by atoms with Crippen LogP contribution < -0.4 is 18.9 Å². The van der Waals surface area contributed by atoms with Crippen LogP contribution >= 0.6 is 0 Å².